The highest BCUT2D eigenvalue weighted by Crippen LogP contribution is 2.37. The number of hydrogen-bond acceptors (Lipinski definition) is 7. The zero-order valence-corrected chi connectivity index (χ0v) is 14.8. The summed E-state index contributed by atoms with van der Waals surface area (Å²) in [7, 11) is 0. The van der Waals surface area contributed by atoms with Gasteiger partial charge in [-0.15, -0.1) is 0 Å². The molecule has 2 heterocycles. The fraction of sp³-hybridized carbons (Fsp3) is 0.286. The average Bonchev–Trinajstić information content (AvgIpc) is 2.73. The Balaban J connectivity index is 1.96. The molecule has 0 amide bonds. The van der Waals surface area contributed by atoms with Crippen molar-refractivity contribution in [2.75, 3.05) is 6.61 Å². The number of para-hydroxylation sites is 1. The van der Waals surface area contributed by atoms with Crippen LogP contribution in [0.5, 0.6) is 0 Å². The van der Waals surface area contributed by atoms with Crippen LogP contribution in [0.4, 0.5) is 0 Å². The molecule has 28 heavy (non-hydrogen) atoms. The van der Waals surface area contributed by atoms with E-state index in [4.69, 9.17) is 9.15 Å². The Bertz CT molecular complexity index is 1030. The molecule has 2 aromatic carbocycles. The van der Waals surface area contributed by atoms with E-state index < -0.39 is 37.1 Å². The minimum Gasteiger partial charge on any atom is -0.457 e. The molecule has 0 aliphatic carbocycles. The van der Waals surface area contributed by atoms with Crippen molar-refractivity contribution in [1.82, 2.24) is 0 Å². The third-order valence-corrected chi connectivity index (χ3v) is 5.04. The molecular formula is C21H20O7. The van der Waals surface area contributed by atoms with E-state index in [1.165, 1.54) is 0 Å². The molecular weight excluding hydrogens is 364 g/mol. The lowest BCUT2D eigenvalue weighted by atomic mass is 9.90. The van der Waals surface area contributed by atoms with Gasteiger partial charge in [0.1, 0.15) is 41.9 Å². The second kappa shape index (κ2) is 7.46. The largest absolute Gasteiger partial charge is 0.457 e. The van der Waals surface area contributed by atoms with Gasteiger partial charge in [0.25, 0.3) is 0 Å². The van der Waals surface area contributed by atoms with Crippen LogP contribution >= 0.6 is 0 Å². The van der Waals surface area contributed by atoms with Crippen molar-refractivity contribution in [3.8, 4) is 11.1 Å². The first-order valence-electron chi connectivity index (χ1n) is 8.94. The smallest absolute Gasteiger partial charge is 0.200 e. The molecule has 4 rings (SSSR count). The molecule has 0 radical (unpaired) electrons. The predicted molar refractivity (Wildman–Crippen MR) is 101 cm³/mol. The molecule has 5 atom stereocenters. The number of hydrogen-bond donors (Lipinski definition) is 4. The quantitative estimate of drug-likeness (QED) is 0.531. The fourth-order valence-electron chi connectivity index (χ4n) is 3.56. The Morgan fingerprint density at radius 1 is 0.857 bits per heavy atom. The molecule has 1 aromatic heterocycles. The summed E-state index contributed by atoms with van der Waals surface area (Å²) >= 11 is 0. The standard InChI is InChI=1S/C21H20O7/c22-10-14-17(24)18(25)19(26)21(28-14)20-15(11-6-2-1-3-7-11)16(23)12-8-4-5-9-13(12)27-20/h1-9,14,17-19,21-22,24-26H,10H2/t14-,17-,18+,19-,21?/m1/s1. The maximum absolute atomic E-state index is 13.2. The highest BCUT2D eigenvalue weighted by molar-refractivity contribution is 5.83. The minimum absolute atomic E-state index is 0.0341. The number of ether oxygens (including phenoxy) is 1. The van der Waals surface area contributed by atoms with Crippen LogP contribution in [0, 0.1) is 0 Å². The van der Waals surface area contributed by atoms with Crippen molar-refractivity contribution in [1.29, 1.82) is 0 Å². The number of rotatable bonds is 3. The zero-order valence-electron chi connectivity index (χ0n) is 14.8. The third kappa shape index (κ3) is 3.03. The van der Waals surface area contributed by atoms with Crippen LogP contribution in [0.2, 0.25) is 0 Å². The zero-order chi connectivity index (χ0) is 19.8. The average molecular weight is 384 g/mol. The van der Waals surface area contributed by atoms with E-state index in [9.17, 15) is 25.2 Å². The Labute approximate surface area is 160 Å². The van der Waals surface area contributed by atoms with E-state index in [1.54, 1.807) is 54.6 Å². The van der Waals surface area contributed by atoms with Crippen molar-refractivity contribution in [3.63, 3.8) is 0 Å². The van der Waals surface area contributed by atoms with Crippen molar-refractivity contribution in [2.24, 2.45) is 0 Å². The summed E-state index contributed by atoms with van der Waals surface area (Å²) in [4.78, 5) is 13.2. The molecule has 0 bridgehead atoms. The molecule has 4 N–H and O–H groups in total. The number of aliphatic hydroxyl groups is 4. The fourth-order valence-corrected chi connectivity index (χ4v) is 3.56. The first kappa shape index (κ1) is 18.8. The minimum atomic E-state index is -1.57. The van der Waals surface area contributed by atoms with Crippen LogP contribution in [0.1, 0.15) is 11.9 Å². The van der Waals surface area contributed by atoms with Crippen molar-refractivity contribution >= 4 is 11.0 Å². The van der Waals surface area contributed by atoms with Crippen LogP contribution in [0.15, 0.2) is 63.8 Å². The number of aliphatic hydroxyl groups excluding tert-OH is 4. The second-order valence-electron chi connectivity index (χ2n) is 6.78. The van der Waals surface area contributed by atoms with Crippen LogP contribution in [-0.2, 0) is 4.74 Å². The second-order valence-corrected chi connectivity index (χ2v) is 6.78. The summed E-state index contributed by atoms with van der Waals surface area (Å²) in [6, 6.07) is 15.5. The SMILES string of the molecule is O=c1c(-c2ccccc2)c(C2O[C@H](CO)[C@@H](O)[C@H](O)[C@H]2O)oc2ccccc12. The maximum Gasteiger partial charge on any atom is 0.200 e. The first-order chi connectivity index (χ1) is 13.5. The highest BCUT2D eigenvalue weighted by atomic mass is 16.6. The van der Waals surface area contributed by atoms with Gasteiger partial charge in [-0.3, -0.25) is 4.79 Å². The van der Waals surface area contributed by atoms with Gasteiger partial charge in [-0.05, 0) is 17.7 Å². The van der Waals surface area contributed by atoms with Gasteiger partial charge in [0.15, 0.2) is 0 Å². The predicted octanol–water partition coefficient (Wildman–Crippen LogP) is 0.975. The topological polar surface area (TPSA) is 120 Å². The Morgan fingerprint density at radius 3 is 2.25 bits per heavy atom. The van der Waals surface area contributed by atoms with Gasteiger partial charge in [0, 0.05) is 0 Å². The number of benzene rings is 2. The molecule has 146 valence electrons. The van der Waals surface area contributed by atoms with E-state index in [1.807, 2.05) is 0 Å². The van der Waals surface area contributed by atoms with E-state index >= 15 is 0 Å². The molecule has 3 aromatic rings. The molecule has 7 nitrogen and oxygen atoms in total. The van der Waals surface area contributed by atoms with E-state index in [0.717, 1.165) is 0 Å². The van der Waals surface area contributed by atoms with Crippen molar-refractivity contribution in [2.45, 2.75) is 30.5 Å². The van der Waals surface area contributed by atoms with Gasteiger partial charge >= 0.3 is 0 Å². The van der Waals surface area contributed by atoms with Crippen LogP contribution < -0.4 is 5.43 Å². The summed E-state index contributed by atoms with van der Waals surface area (Å²) in [6.07, 6.45) is -6.98. The van der Waals surface area contributed by atoms with Crippen molar-refractivity contribution in [3.05, 3.63) is 70.6 Å². The van der Waals surface area contributed by atoms with E-state index in [-0.39, 0.29) is 16.8 Å². The summed E-state index contributed by atoms with van der Waals surface area (Å²) < 4.78 is 11.6. The lowest BCUT2D eigenvalue weighted by Crippen LogP contribution is -2.55. The van der Waals surface area contributed by atoms with Gasteiger partial charge < -0.3 is 29.6 Å². The van der Waals surface area contributed by atoms with E-state index in [2.05, 4.69) is 0 Å². The van der Waals surface area contributed by atoms with Gasteiger partial charge in [-0.2, -0.15) is 0 Å². The molecule has 1 aliphatic rings. The van der Waals surface area contributed by atoms with Gasteiger partial charge in [-0.25, -0.2) is 0 Å². The highest BCUT2D eigenvalue weighted by Gasteiger charge is 2.46. The Morgan fingerprint density at radius 2 is 1.54 bits per heavy atom. The molecule has 1 saturated heterocycles. The van der Waals surface area contributed by atoms with E-state index in [0.29, 0.717) is 16.5 Å². The van der Waals surface area contributed by atoms with Gasteiger partial charge in [-0.1, -0.05) is 42.5 Å². The molecule has 0 spiro atoms. The summed E-state index contributed by atoms with van der Waals surface area (Å²) in [5.74, 6) is 0.0341. The maximum atomic E-state index is 13.2. The van der Waals surface area contributed by atoms with Crippen molar-refractivity contribution < 1.29 is 29.6 Å². The Kier molecular flexibility index (Phi) is 5.01. The molecule has 1 unspecified atom stereocenters. The normalized spacial score (nSPS) is 27.8. The van der Waals surface area contributed by atoms with Crippen LogP contribution in [0.3, 0.4) is 0 Å². The summed E-state index contributed by atoms with van der Waals surface area (Å²) in [5, 5.41) is 40.6. The summed E-state index contributed by atoms with van der Waals surface area (Å²) in [6.45, 7) is -0.570. The van der Waals surface area contributed by atoms with Gasteiger partial charge in [0.2, 0.25) is 5.43 Å². The lowest BCUT2D eigenvalue weighted by molar-refractivity contribution is -0.235. The Hall–Kier alpha value is -2.55. The first-order valence-corrected chi connectivity index (χ1v) is 8.94. The molecule has 1 aliphatic heterocycles. The lowest BCUT2D eigenvalue weighted by Gasteiger charge is -2.39. The van der Waals surface area contributed by atoms with Crippen LogP contribution in [0.25, 0.3) is 22.1 Å². The third-order valence-electron chi connectivity index (χ3n) is 5.04. The molecule has 0 saturated carbocycles. The number of fused-ring (bicyclic) bond motifs is 1. The van der Waals surface area contributed by atoms with Gasteiger partial charge in [0.05, 0.1) is 17.6 Å². The summed E-state index contributed by atoms with van der Waals surface area (Å²) in [5.41, 5.74) is 0.761. The molecule has 7 heteroatoms. The van der Waals surface area contributed by atoms with Crippen LogP contribution in [-0.4, -0.2) is 51.4 Å². The molecule has 1 fully saturated rings. The monoisotopic (exact) mass is 384 g/mol.